The summed E-state index contributed by atoms with van der Waals surface area (Å²) >= 11 is 0. The Morgan fingerprint density at radius 3 is 2.90 bits per heavy atom. The predicted octanol–water partition coefficient (Wildman–Crippen LogP) is 2.09. The van der Waals surface area contributed by atoms with Crippen LogP contribution in [0.4, 0.5) is 4.39 Å². The molecule has 0 bridgehead atoms. The van der Waals surface area contributed by atoms with Crippen LogP contribution in [0, 0.1) is 5.82 Å². The number of halogens is 1. The molecule has 1 aliphatic rings. The molecule has 6 heteroatoms. The molecule has 2 heterocycles. The summed E-state index contributed by atoms with van der Waals surface area (Å²) in [6, 6.07) is 6.94. The van der Waals surface area contributed by atoms with E-state index < -0.39 is 0 Å². The minimum absolute atomic E-state index is 0.00540. The maximum atomic E-state index is 13.9. The van der Waals surface area contributed by atoms with Crippen LogP contribution < -0.4 is 0 Å². The average Bonchev–Trinajstić information content (AvgIpc) is 2.93. The van der Waals surface area contributed by atoms with Crippen LogP contribution in [0.3, 0.4) is 0 Å². The zero-order chi connectivity index (χ0) is 14.8. The van der Waals surface area contributed by atoms with Gasteiger partial charge < -0.3 is 9.30 Å². The van der Waals surface area contributed by atoms with Crippen LogP contribution in [0.25, 0.3) is 0 Å². The average molecular weight is 290 g/mol. The molecule has 0 saturated carbocycles. The quantitative estimate of drug-likeness (QED) is 0.868. The van der Waals surface area contributed by atoms with Crippen molar-refractivity contribution in [1.82, 2.24) is 19.7 Å². The molecule has 1 fully saturated rings. The number of benzene rings is 1. The fourth-order valence-electron chi connectivity index (χ4n) is 2.77. The third-order valence-electron chi connectivity index (χ3n) is 4.04. The van der Waals surface area contributed by atoms with Gasteiger partial charge in [-0.25, -0.2) is 4.39 Å². The largest absolute Gasteiger partial charge is 0.368 e. The summed E-state index contributed by atoms with van der Waals surface area (Å²) in [6.45, 7) is 4.10. The number of hydrogen-bond acceptors (Lipinski definition) is 4. The Bertz CT molecular complexity index is 615. The van der Waals surface area contributed by atoms with E-state index in [0.717, 1.165) is 17.9 Å². The SMILES string of the molecule is C[C@H](c1ccccc1F)N1CCO[C@@H](c2nncn2C)C1. The van der Waals surface area contributed by atoms with Gasteiger partial charge >= 0.3 is 0 Å². The first kappa shape index (κ1) is 14.2. The number of rotatable bonds is 3. The van der Waals surface area contributed by atoms with Crippen LogP contribution in [-0.4, -0.2) is 39.4 Å². The highest BCUT2D eigenvalue weighted by Gasteiger charge is 2.29. The summed E-state index contributed by atoms with van der Waals surface area (Å²) < 4.78 is 21.6. The first-order chi connectivity index (χ1) is 10.2. The van der Waals surface area contributed by atoms with E-state index in [0.29, 0.717) is 13.2 Å². The molecular formula is C15H19FN4O. The molecule has 3 rings (SSSR count). The van der Waals surface area contributed by atoms with E-state index in [-0.39, 0.29) is 18.0 Å². The third kappa shape index (κ3) is 2.82. The van der Waals surface area contributed by atoms with E-state index in [4.69, 9.17) is 4.74 Å². The van der Waals surface area contributed by atoms with Gasteiger partial charge in [-0.1, -0.05) is 18.2 Å². The topological polar surface area (TPSA) is 43.2 Å². The molecule has 1 aromatic carbocycles. The van der Waals surface area contributed by atoms with Crippen molar-refractivity contribution < 1.29 is 9.13 Å². The molecule has 0 aliphatic carbocycles. The summed E-state index contributed by atoms with van der Waals surface area (Å²) in [6.07, 6.45) is 1.54. The van der Waals surface area contributed by atoms with Crippen molar-refractivity contribution in [3.05, 3.63) is 47.8 Å². The highest BCUT2D eigenvalue weighted by Crippen LogP contribution is 2.28. The van der Waals surface area contributed by atoms with Crippen molar-refractivity contribution in [2.75, 3.05) is 19.7 Å². The van der Waals surface area contributed by atoms with Gasteiger partial charge in [0.15, 0.2) is 5.82 Å². The molecule has 2 atom stereocenters. The van der Waals surface area contributed by atoms with Gasteiger partial charge in [0.25, 0.3) is 0 Å². The number of morpholine rings is 1. The summed E-state index contributed by atoms with van der Waals surface area (Å²) in [5.41, 5.74) is 0.719. The second-order valence-corrected chi connectivity index (χ2v) is 5.35. The Labute approximate surface area is 123 Å². The fraction of sp³-hybridized carbons (Fsp3) is 0.467. The zero-order valence-electron chi connectivity index (χ0n) is 12.2. The Balaban J connectivity index is 1.77. The molecule has 0 unspecified atom stereocenters. The normalized spacial score (nSPS) is 21.4. The molecular weight excluding hydrogens is 271 g/mol. The van der Waals surface area contributed by atoms with E-state index >= 15 is 0 Å². The van der Waals surface area contributed by atoms with Gasteiger partial charge in [0.2, 0.25) is 0 Å². The van der Waals surface area contributed by atoms with Gasteiger partial charge in [-0.3, -0.25) is 4.90 Å². The van der Waals surface area contributed by atoms with Crippen molar-refractivity contribution in [3.8, 4) is 0 Å². The van der Waals surface area contributed by atoms with Crippen LogP contribution in [0.5, 0.6) is 0 Å². The van der Waals surface area contributed by atoms with Gasteiger partial charge in [-0.2, -0.15) is 0 Å². The smallest absolute Gasteiger partial charge is 0.163 e. The Hall–Kier alpha value is -1.79. The maximum absolute atomic E-state index is 13.9. The van der Waals surface area contributed by atoms with Crippen LogP contribution in [0.15, 0.2) is 30.6 Å². The Kier molecular flexibility index (Phi) is 3.98. The number of aryl methyl sites for hydroxylation is 1. The second kappa shape index (κ2) is 5.91. The van der Waals surface area contributed by atoms with E-state index in [2.05, 4.69) is 15.1 Å². The van der Waals surface area contributed by atoms with Crippen molar-refractivity contribution >= 4 is 0 Å². The van der Waals surface area contributed by atoms with Crippen LogP contribution in [0.2, 0.25) is 0 Å². The lowest BCUT2D eigenvalue weighted by Gasteiger charge is -2.36. The minimum Gasteiger partial charge on any atom is -0.368 e. The van der Waals surface area contributed by atoms with Crippen molar-refractivity contribution in [2.24, 2.45) is 7.05 Å². The highest BCUT2D eigenvalue weighted by atomic mass is 19.1. The molecule has 0 amide bonds. The summed E-state index contributed by atoms with van der Waals surface area (Å²) in [5.74, 6) is 0.645. The lowest BCUT2D eigenvalue weighted by Crippen LogP contribution is -2.40. The molecule has 5 nitrogen and oxygen atoms in total. The van der Waals surface area contributed by atoms with Gasteiger partial charge in [-0.15, -0.1) is 10.2 Å². The van der Waals surface area contributed by atoms with Crippen molar-refractivity contribution in [2.45, 2.75) is 19.1 Å². The summed E-state index contributed by atoms with van der Waals surface area (Å²) in [4.78, 5) is 2.22. The standard InChI is InChI=1S/C15H19FN4O/c1-11(12-5-3-4-6-13(12)16)20-7-8-21-14(9-20)15-18-17-10-19(15)2/h3-6,10-11,14H,7-9H2,1-2H3/t11-,14-/m1/s1. The van der Waals surface area contributed by atoms with Crippen molar-refractivity contribution in [3.63, 3.8) is 0 Å². The Morgan fingerprint density at radius 1 is 1.38 bits per heavy atom. The molecule has 1 saturated heterocycles. The molecule has 21 heavy (non-hydrogen) atoms. The van der Waals surface area contributed by atoms with Crippen molar-refractivity contribution in [1.29, 1.82) is 0 Å². The van der Waals surface area contributed by atoms with Gasteiger partial charge in [0.05, 0.1) is 6.61 Å². The molecule has 1 aliphatic heterocycles. The van der Waals surface area contributed by atoms with E-state index in [1.54, 1.807) is 12.4 Å². The van der Waals surface area contributed by atoms with E-state index in [9.17, 15) is 4.39 Å². The predicted molar refractivity (Wildman–Crippen MR) is 76.1 cm³/mol. The number of hydrogen-bond donors (Lipinski definition) is 0. The second-order valence-electron chi connectivity index (χ2n) is 5.35. The minimum atomic E-state index is -0.160. The van der Waals surface area contributed by atoms with Gasteiger partial charge in [0, 0.05) is 31.7 Å². The lowest BCUT2D eigenvalue weighted by atomic mass is 10.0. The molecule has 0 N–H and O–H groups in total. The van der Waals surface area contributed by atoms with Crippen LogP contribution in [-0.2, 0) is 11.8 Å². The van der Waals surface area contributed by atoms with Gasteiger partial charge in [0.1, 0.15) is 18.2 Å². The number of ether oxygens (including phenoxy) is 1. The number of aromatic nitrogens is 3. The molecule has 2 aromatic rings. The summed E-state index contributed by atoms with van der Waals surface area (Å²) in [7, 11) is 1.90. The molecule has 112 valence electrons. The third-order valence-corrected chi connectivity index (χ3v) is 4.04. The monoisotopic (exact) mass is 290 g/mol. The lowest BCUT2D eigenvalue weighted by molar-refractivity contribution is -0.0487. The first-order valence-corrected chi connectivity index (χ1v) is 7.11. The molecule has 0 radical (unpaired) electrons. The van der Waals surface area contributed by atoms with Gasteiger partial charge in [-0.05, 0) is 13.0 Å². The molecule has 0 spiro atoms. The highest BCUT2D eigenvalue weighted by molar-refractivity contribution is 5.21. The maximum Gasteiger partial charge on any atom is 0.163 e. The number of nitrogens with zero attached hydrogens (tertiary/aromatic N) is 4. The molecule has 1 aromatic heterocycles. The van der Waals surface area contributed by atoms with E-state index in [1.807, 2.05) is 30.7 Å². The van der Waals surface area contributed by atoms with Crippen LogP contribution >= 0.6 is 0 Å². The van der Waals surface area contributed by atoms with E-state index in [1.165, 1.54) is 6.07 Å². The Morgan fingerprint density at radius 2 is 2.19 bits per heavy atom. The summed E-state index contributed by atoms with van der Waals surface area (Å²) in [5, 5.41) is 8.00. The zero-order valence-corrected chi connectivity index (χ0v) is 12.2. The van der Waals surface area contributed by atoms with Crippen LogP contribution in [0.1, 0.15) is 30.5 Å². The fourth-order valence-corrected chi connectivity index (χ4v) is 2.77. The first-order valence-electron chi connectivity index (χ1n) is 7.11.